The van der Waals surface area contributed by atoms with Gasteiger partial charge in [0.25, 0.3) is 0 Å². The molecule has 0 rings (SSSR count). The van der Waals surface area contributed by atoms with Crippen molar-refractivity contribution in [3.8, 4) is 0 Å². The summed E-state index contributed by atoms with van der Waals surface area (Å²) in [6, 6.07) is 0. The number of allylic oxidation sites excluding steroid dienone is 3. The summed E-state index contributed by atoms with van der Waals surface area (Å²) in [4.78, 5) is 0. The van der Waals surface area contributed by atoms with Gasteiger partial charge in [0.1, 0.15) is 0 Å². The Bertz CT molecular complexity index is 109. The predicted molar refractivity (Wildman–Crippen MR) is 42.1 cm³/mol. The molecule has 0 aromatic rings. The Kier molecular flexibility index (Phi) is 4.12. The lowest BCUT2D eigenvalue weighted by molar-refractivity contribution is 0.698. The van der Waals surface area contributed by atoms with Crippen molar-refractivity contribution in [2.45, 2.75) is 27.2 Å². The van der Waals surface area contributed by atoms with Crippen molar-refractivity contribution in [2.75, 3.05) is 0 Å². The third kappa shape index (κ3) is 5.35. The highest BCUT2D eigenvalue weighted by molar-refractivity contribution is 5.09. The van der Waals surface area contributed by atoms with Crippen LogP contribution in [-0.2, 0) is 0 Å². The van der Waals surface area contributed by atoms with Crippen LogP contribution in [0.5, 0.6) is 0 Å². The molecule has 0 heterocycles. The zero-order valence-electron chi connectivity index (χ0n) is 6.52. The molecular weight excluding hydrogens is 108 g/mol. The van der Waals surface area contributed by atoms with Crippen molar-refractivity contribution in [3.05, 3.63) is 24.3 Å². The molecule has 0 aliphatic carbocycles. The van der Waals surface area contributed by atoms with Crippen LogP contribution in [0.3, 0.4) is 0 Å². The number of rotatable bonds is 3. The van der Waals surface area contributed by atoms with Gasteiger partial charge in [-0.15, -0.1) is 0 Å². The van der Waals surface area contributed by atoms with Crippen LogP contribution >= 0.6 is 0 Å². The number of hydrogen-bond donors (Lipinski definition) is 0. The molecule has 0 aromatic heterocycles. The van der Waals surface area contributed by atoms with E-state index in [1.54, 1.807) is 0 Å². The minimum absolute atomic E-state index is 0.656. The quantitative estimate of drug-likeness (QED) is 0.506. The van der Waals surface area contributed by atoms with Crippen LogP contribution in [0.15, 0.2) is 17.7 Å². The first-order chi connectivity index (χ1) is 4.16. The van der Waals surface area contributed by atoms with Crippen molar-refractivity contribution in [1.29, 1.82) is 0 Å². The van der Waals surface area contributed by atoms with Gasteiger partial charge in [-0.05, 0) is 12.8 Å². The minimum Gasteiger partial charge on any atom is -0.0814 e. The summed E-state index contributed by atoms with van der Waals surface area (Å²) in [6.45, 7) is 11.7. The molecule has 0 spiro atoms. The molecule has 51 valence electrons. The maximum atomic E-state index is 5.43. The molecule has 0 heteroatoms. The molecule has 0 bridgehead atoms. The second kappa shape index (κ2) is 4.37. The Balaban J connectivity index is 3.56. The predicted octanol–water partition coefficient (Wildman–Crippen LogP) is 2.97. The summed E-state index contributed by atoms with van der Waals surface area (Å²) >= 11 is 0. The van der Waals surface area contributed by atoms with Gasteiger partial charge in [0, 0.05) is 0 Å². The van der Waals surface area contributed by atoms with Gasteiger partial charge in [-0.1, -0.05) is 44.6 Å². The van der Waals surface area contributed by atoms with E-state index in [1.165, 1.54) is 6.42 Å². The topological polar surface area (TPSA) is 0 Å². The standard InChI is InChI=1S/C9H15/c1-5-9(4)7-6-8(2)3/h2,6-7,9H,5H2,1,3-4H3. The molecule has 1 radical (unpaired) electrons. The van der Waals surface area contributed by atoms with E-state index in [2.05, 4.69) is 19.9 Å². The summed E-state index contributed by atoms with van der Waals surface area (Å²) in [6.07, 6.45) is 5.28. The van der Waals surface area contributed by atoms with Gasteiger partial charge in [-0.3, -0.25) is 0 Å². The average Bonchev–Trinajstić information content (AvgIpc) is 1.83. The first kappa shape index (κ1) is 8.48. The van der Waals surface area contributed by atoms with Gasteiger partial charge in [-0.2, -0.15) is 0 Å². The number of hydrogen-bond acceptors (Lipinski definition) is 0. The molecule has 0 amide bonds. The summed E-state index contributed by atoms with van der Waals surface area (Å²) in [7, 11) is 0. The van der Waals surface area contributed by atoms with Gasteiger partial charge >= 0.3 is 0 Å². The van der Waals surface area contributed by atoms with Crippen molar-refractivity contribution in [1.82, 2.24) is 0 Å². The fourth-order valence-electron chi connectivity index (χ4n) is 0.452. The molecule has 1 unspecified atom stereocenters. The Hall–Kier alpha value is -0.520. The van der Waals surface area contributed by atoms with E-state index in [9.17, 15) is 0 Å². The van der Waals surface area contributed by atoms with E-state index >= 15 is 0 Å². The molecule has 0 N–H and O–H groups in total. The molecule has 0 saturated heterocycles. The molecule has 0 nitrogen and oxygen atoms in total. The van der Waals surface area contributed by atoms with Gasteiger partial charge in [0.05, 0.1) is 0 Å². The average molecular weight is 123 g/mol. The molecule has 0 aliphatic heterocycles. The van der Waals surface area contributed by atoms with Crippen molar-refractivity contribution < 1.29 is 0 Å². The molecular formula is C9H15. The summed E-state index contributed by atoms with van der Waals surface area (Å²) in [5.41, 5.74) is 0.885. The van der Waals surface area contributed by atoms with E-state index in [0.29, 0.717) is 5.92 Å². The van der Waals surface area contributed by atoms with Crippen LogP contribution in [-0.4, -0.2) is 0 Å². The van der Waals surface area contributed by atoms with Crippen LogP contribution < -0.4 is 0 Å². The van der Waals surface area contributed by atoms with Crippen LogP contribution in [0.2, 0.25) is 0 Å². The SMILES string of the molecule is [CH]=C(C)C=CC(C)CC. The second-order valence-corrected chi connectivity index (χ2v) is 2.49. The highest BCUT2D eigenvalue weighted by Crippen LogP contribution is 2.03. The maximum Gasteiger partial charge on any atom is -0.0261 e. The lowest BCUT2D eigenvalue weighted by Gasteiger charge is -1.97. The van der Waals surface area contributed by atoms with Crippen LogP contribution in [0.4, 0.5) is 0 Å². The monoisotopic (exact) mass is 123 g/mol. The first-order valence-electron chi connectivity index (χ1n) is 3.44. The molecule has 1 atom stereocenters. The fraction of sp³-hybridized carbons (Fsp3) is 0.556. The zero-order chi connectivity index (χ0) is 7.28. The Morgan fingerprint density at radius 1 is 1.67 bits per heavy atom. The lowest BCUT2D eigenvalue weighted by atomic mass is 10.1. The van der Waals surface area contributed by atoms with E-state index in [1.807, 2.05) is 13.0 Å². The smallest absolute Gasteiger partial charge is 0.0261 e. The fourth-order valence-corrected chi connectivity index (χ4v) is 0.452. The van der Waals surface area contributed by atoms with Gasteiger partial charge in [0.2, 0.25) is 0 Å². The summed E-state index contributed by atoms with van der Waals surface area (Å²) in [5, 5.41) is 0. The van der Waals surface area contributed by atoms with E-state index < -0.39 is 0 Å². The second-order valence-electron chi connectivity index (χ2n) is 2.49. The molecule has 0 saturated carbocycles. The first-order valence-corrected chi connectivity index (χ1v) is 3.44. The van der Waals surface area contributed by atoms with Crippen molar-refractivity contribution in [2.24, 2.45) is 5.92 Å². The van der Waals surface area contributed by atoms with Crippen LogP contribution in [0.1, 0.15) is 27.2 Å². The molecule has 0 aliphatic rings. The lowest BCUT2D eigenvalue weighted by Crippen LogP contribution is -1.83. The van der Waals surface area contributed by atoms with E-state index in [0.717, 1.165) is 5.57 Å². The minimum atomic E-state index is 0.656. The third-order valence-electron chi connectivity index (χ3n) is 1.33. The highest BCUT2D eigenvalue weighted by Gasteiger charge is 1.88. The Morgan fingerprint density at radius 2 is 2.22 bits per heavy atom. The zero-order valence-corrected chi connectivity index (χ0v) is 6.52. The normalized spacial score (nSPS) is 14.1. The van der Waals surface area contributed by atoms with Gasteiger partial charge in [0.15, 0.2) is 0 Å². The third-order valence-corrected chi connectivity index (χ3v) is 1.33. The van der Waals surface area contributed by atoms with Crippen LogP contribution in [0, 0.1) is 12.5 Å². The summed E-state index contributed by atoms with van der Waals surface area (Å²) < 4.78 is 0. The maximum absolute atomic E-state index is 5.43. The van der Waals surface area contributed by atoms with Crippen LogP contribution in [0.25, 0.3) is 0 Å². The highest BCUT2D eigenvalue weighted by atomic mass is 13.9. The Labute approximate surface area is 58.3 Å². The van der Waals surface area contributed by atoms with Gasteiger partial charge < -0.3 is 0 Å². The largest absolute Gasteiger partial charge is 0.0814 e. The molecule has 0 fully saturated rings. The summed E-state index contributed by atoms with van der Waals surface area (Å²) in [5.74, 6) is 0.656. The molecule has 0 aromatic carbocycles. The van der Waals surface area contributed by atoms with E-state index in [-0.39, 0.29) is 0 Å². The van der Waals surface area contributed by atoms with E-state index in [4.69, 9.17) is 6.58 Å². The molecule has 9 heavy (non-hydrogen) atoms. The van der Waals surface area contributed by atoms with Crippen molar-refractivity contribution in [3.63, 3.8) is 0 Å². The Morgan fingerprint density at radius 3 is 2.56 bits per heavy atom. The van der Waals surface area contributed by atoms with Gasteiger partial charge in [-0.25, -0.2) is 0 Å². The van der Waals surface area contributed by atoms with Crippen molar-refractivity contribution >= 4 is 0 Å².